The van der Waals surface area contributed by atoms with E-state index in [1.807, 2.05) is 18.2 Å². The van der Waals surface area contributed by atoms with Crippen molar-refractivity contribution in [1.29, 1.82) is 0 Å². The van der Waals surface area contributed by atoms with Gasteiger partial charge in [0, 0.05) is 30.7 Å². The van der Waals surface area contributed by atoms with Crippen LogP contribution in [0.2, 0.25) is 0 Å². The molecule has 0 bridgehead atoms. The molecule has 2 aromatic carbocycles. The third-order valence-electron chi connectivity index (χ3n) is 3.42. The lowest BCUT2D eigenvalue weighted by Gasteiger charge is -2.07. The number of anilines is 1. The first-order valence-electron chi connectivity index (χ1n) is 7.99. The highest BCUT2D eigenvalue weighted by Gasteiger charge is 2.04. The summed E-state index contributed by atoms with van der Waals surface area (Å²) in [5.74, 6) is 0.938. The van der Waals surface area contributed by atoms with Crippen LogP contribution in [0, 0.1) is 5.82 Å². The normalized spacial score (nSPS) is 10.3. The van der Waals surface area contributed by atoms with Crippen LogP contribution in [0.5, 0.6) is 0 Å². The molecule has 0 saturated heterocycles. The fraction of sp³-hybridized carbons (Fsp3) is 0.263. The van der Waals surface area contributed by atoms with E-state index in [2.05, 4.69) is 10.6 Å². The number of carbonyl (C=O) groups excluding carboxylic acids is 2. The minimum absolute atomic E-state index is 0.0567. The molecule has 0 atom stereocenters. The first-order chi connectivity index (χ1) is 12.0. The van der Waals surface area contributed by atoms with Gasteiger partial charge in [-0.3, -0.25) is 9.59 Å². The average Bonchev–Trinajstić information content (AvgIpc) is 2.57. The highest BCUT2D eigenvalue weighted by molar-refractivity contribution is 7.98. The number of benzene rings is 2. The summed E-state index contributed by atoms with van der Waals surface area (Å²) >= 11 is 1.58. The molecule has 0 spiro atoms. The van der Waals surface area contributed by atoms with E-state index in [1.165, 1.54) is 13.0 Å². The van der Waals surface area contributed by atoms with Crippen LogP contribution >= 0.6 is 11.8 Å². The second kappa shape index (κ2) is 9.84. The van der Waals surface area contributed by atoms with E-state index in [1.54, 1.807) is 36.0 Å². The van der Waals surface area contributed by atoms with Gasteiger partial charge in [-0.25, -0.2) is 4.39 Å². The van der Waals surface area contributed by atoms with Gasteiger partial charge in [-0.2, -0.15) is 11.8 Å². The van der Waals surface area contributed by atoms with E-state index in [4.69, 9.17) is 0 Å². The fourth-order valence-electron chi connectivity index (χ4n) is 2.22. The first kappa shape index (κ1) is 19.0. The molecule has 2 N–H and O–H groups in total. The maximum absolute atomic E-state index is 13.5. The van der Waals surface area contributed by atoms with Crippen molar-refractivity contribution in [3.8, 4) is 0 Å². The summed E-state index contributed by atoms with van der Waals surface area (Å²) in [6.07, 6.45) is 0.290. The van der Waals surface area contributed by atoms with Gasteiger partial charge >= 0.3 is 0 Å². The maximum Gasteiger partial charge on any atom is 0.224 e. The lowest BCUT2D eigenvalue weighted by molar-refractivity contribution is -0.120. The number of hydrogen-bond donors (Lipinski definition) is 2. The van der Waals surface area contributed by atoms with Gasteiger partial charge in [0.15, 0.2) is 0 Å². The summed E-state index contributed by atoms with van der Waals surface area (Å²) < 4.78 is 13.5. The smallest absolute Gasteiger partial charge is 0.224 e. The molecule has 132 valence electrons. The largest absolute Gasteiger partial charge is 0.355 e. The van der Waals surface area contributed by atoms with Crippen molar-refractivity contribution in [2.75, 3.05) is 17.6 Å². The number of amides is 2. The second-order valence-electron chi connectivity index (χ2n) is 5.55. The van der Waals surface area contributed by atoms with Crippen LogP contribution < -0.4 is 10.6 Å². The van der Waals surface area contributed by atoms with E-state index in [0.717, 1.165) is 11.3 Å². The van der Waals surface area contributed by atoms with E-state index in [0.29, 0.717) is 30.0 Å². The van der Waals surface area contributed by atoms with Crippen LogP contribution in [0.15, 0.2) is 48.5 Å². The van der Waals surface area contributed by atoms with Crippen LogP contribution in [0.4, 0.5) is 10.1 Å². The summed E-state index contributed by atoms with van der Waals surface area (Å²) in [5, 5.41) is 5.54. The molecule has 6 heteroatoms. The number of rotatable bonds is 8. The predicted octanol–water partition coefficient (Wildman–Crippen LogP) is 3.38. The summed E-state index contributed by atoms with van der Waals surface area (Å²) in [5.41, 5.74) is 2.27. The molecular formula is C19H21FN2O2S. The molecule has 2 amide bonds. The van der Waals surface area contributed by atoms with E-state index in [9.17, 15) is 14.0 Å². The monoisotopic (exact) mass is 360 g/mol. The lowest BCUT2D eigenvalue weighted by atomic mass is 10.1. The Balaban J connectivity index is 1.65. The molecule has 0 aliphatic heterocycles. The zero-order valence-electron chi connectivity index (χ0n) is 14.0. The number of hydrogen-bond acceptors (Lipinski definition) is 3. The predicted molar refractivity (Wildman–Crippen MR) is 100 cm³/mol. The molecule has 4 nitrogen and oxygen atoms in total. The molecule has 0 unspecified atom stereocenters. The Hall–Kier alpha value is -2.34. The van der Waals surface area contributed by atoms with Gasteiger partial charge in [0.25, 0.3) is 0 Å². The minimum Gasteiger partial charge on any atom is -0.355 e. The van der Waals surface area contributed by atoms with Gasteiger partial charge in [0.1, 0.15) is 5.82 Å². The van der Waals surface area contributed by atoms with Crippen LogP contribution in [-0.2, 0) is 21.8 Å². The van der Waals surface area contributed by atoms with E-state index in [-0.39, 0.29) is 17.6 Å². The van der Waals surface area contributed by atoms with Gasteiger partial charge < -0.3 is 10.6 Å². The Bertz CT molecular complexity index is 720. The van der Waals surface area contributed by atoms with E-state index >= 15 is 0 Å². The van der Waals surface area contributed by atoms with Crippen molar-refractivity contribution in [3.63, 3.8) is 0 Å². The molecule has 0 fully saturated rings. The molecule has 0 saturated carbocycles. The molecule has 0 radical (unpaired) electrons. The van der Waals surface area contributed by atoms with Crippen LogP contribution in [0.25, 0.3) is 0 Å². The minimum atomic E-state index is -0.193. The summed E-state index contributed by atoms with van der Waals surface area (Å²) in [7, 11) is 0. The van der Waals surface area contributed by atoms with Crippen LogP contribution in [0.3, 0.4) is 0 Å². The Morgan fingerprint density at radius 3 is 2.48 bits per heavy atom. The molecular weight excluding hydrogens is 339 g/mol. The van der Waals surface area contributed by atoms with Crippen molar-refractivity contribution < 1.29 is 14.0 Å². The Labute approximate surface area is 151 Å². The highest BCUT2D eigenvalue weighted by atomic mass is 32.2. The summed E-state index contributed by atoms with van der Waals surface area (Å²) in [6.45, 7) is 1.99. The van der Waals surface area contributed by atoms with Gasteiger partial charge in [-0.15, -0.1) is 0 Å². The third kappa shape index (κ3) is 6.97. The molecule has 0 aromatic heterocycles. The number of carbonyl (C=O) groups is 2. The lowest BCUT2D eigenvalue weighted by Crippen LogP contribution is -2.27. The van der Waals surface area contributed by atoms with Crippen molar-refractivity contribution in [2.45, 2.75) is 19.1 Å². The van der Waals surface area contributed by atoms with Crippen LogP contribution in [0.1, 0.15) is 18.1 Å². The highest BCUT2D eigenvalue weighted by Crippen LogP contribution is 2.14. The third-order valence-corrected chi connectivity index (χ3v) is 4.43. The standard InChI is InChI=1S/C19H21FN2O2S/c1-14(23)22-17-8-6-15(7-9-17)12-19(24)21-10-11-25-13-16-4-2-3-5-18(16)20/h2-9H,10-13H2,1H3,(H,21,24)(H,22,23). The first-order valence-corrected chi connectivity index (χ1v) is 9.14. The molecule has 25 heavy (non-hydrogen) atoms. The second-order valence-corrected chi connectivity index (χ2v) is 6.65. The number of halogens is 1. The average molecular weight is 360 g/mol. The molecule has 0 heterocycles. The van der Waals surface area contributed by atoms with Gasteiger partial charge in [0.05, 0.1) is 6.42 Å². The van der Waals surface area contributed by atoms with Gasteiger partial charge in [-0.05, 0) is 29.3 Å². The Morgan fingerprint density at radius 1 is 1.08 bits per heavy atom. The SMILES string of the molecule is CC(=O)Nc1ccc(CC(=O)NCCSCc2ccccc2F)cc1. The van der Waals surface area contributed by atoms with Crippen molar-refractivity contribution in [1.82, 2.24) is 5.32 Å². The summed E-state index contributed by atoms with van der Waals surface area (Å²) in [6, 6.07) is 13.9. The topological polar surface area (TPSA) is 58.2 Å². The Kier molecular flexibility index (Phi) is 7.47. The molecule has 0 aliphatic rings. The fourth-order valence-corrected chi connectivity index (χ4v) is 3.06. The zero-order valence-corrected chi connectivity index (χ0v) is 14.9. The van der Waals surface area contributed by atoms with Gasteiger partial charge in [0.2, 0.25) is 11.8 Å². The number of thioether (sulfide) groups is 1. The van der Waals surface area contributed by atoms with Crippen LogP contribution in [-0.4, -0.2) is 24.1 Å². The summed E-state index contributed by atoms with van der Waals surface area (Å²) in [4.78, 5) is 22.9. The quantitative estimate of drug-likeness (QED) is 0.710. The van der Waals surface area contributed by atoms with Crippen molar-refractivity contribution in [3.05, 3.63) is 65.5 Å². The van der Waals surface area contributed by atoms with Crippen molar-refractivity contribution >= 4 is 29.3 Å². The van der Waals surface area contributed by atoms with E-state index < -0.39 is 0 Å². The molecule has 2 rings (SSSR count). The Morgan fingerprint density at radius 2 is 1.80 bits per heavy atom. The molecule has 2 aromatic rings. The zero-order chi connectivity index (χ0) is 18.1. The van der Waals surface area contributed by atoms with Gasteiger partial charge in [-0.1, -0.05) is 30.3 Å². The number of nitrogens with one attached hydrogen (secondary N) is 2. The maximum atomic E-state index is 13.5. The van der Waals surface area contributed by atoms with Crippen molar-refractivity contribution in [2.24, 2.45) is 0 Å². The molecule has 0 aliphatic carbocycles.